The molecule has 0 bridgehead atoms. The van der Waals surface area contributed by atoms with E-state index in [0.717, 1.165) is 30.6 Å². The van der Waals surface area contributed by atoms with E-state index in [4.69, 9.17) is 9.15 Å². The summed E-state index contributed by atoms with van der Waals surface area (Å²) in [6.07, 6.45) is 1.56. The van der Waals surface area contributed by atoms with Gasteiger partial charge in [-0.2, -0.15) is 0 Å². The normalized spacial score (nSPS) is 15.7. The van der Waals surface area contributed by atoms with Crippen LogP contribution in [0.15, 0.2) is 70.2 Å². The van der Waals surface area contributed by atoms with Crippen LogP contribution in [0.5, 0.6) is 5.75 Å². The number of piperazine rings is 1. The molecule has 1 aromatic heterocycles. The monoisotopic (exact) mass is 500 g/mol. The third-order valence-electron chi connectivity index (χ3n) is 6.20. The minimum absolute atomic E-state index is 0.0700. The number of methoxy groups -OCH3 is 1. The summed E-state index contributed by atoms with van der Waals surface area (Å²) in [5, 5.41) is 11.1. The number of hydrogen-bond donors (Lipinski definition) is 1. The van der Waals surface area contributed by atoms with Gasteiger partial charge >= 0.3 is 0 Å². The predicted molar refractivity (Wildman–Crippen MR) is 131 cm³/mol. The van der Waals surface area contributed by atoms with Gasteiger partial charge in [-0.15, -0.1) is 0 Å². The van der Waals surface area contributed by atoms with Crippen LogP contribution in [0, 0.1) is 17.0 Å². The summed E-state index contributed by atoms with van der Waals surface area (Å²) in [5.74, 6) is 1.46. The van der Waals surface area contributed by atoms with Crippen LogP contribution < -0.4 is 14.4 Å². The standard InChI is InChI=1S/C24H28N4O6S/c1-18-5-6-20(28(29)30)16-24(18)35(31,32)25-17-22(23-4-3-15-34-23)27-13-11-26(12-14-27)19-7-9-21(33-2)10-8-19/h3-10,15-16,22,25H,11-14,17H2,1-2H3. The van der Waals surface area contributed by atoms with Gasteiger partial charge in [-0.05, 0) is 48.9 Å². The summed E-state index contributed by atoms with van der Waals surface area (Å²) in [6.45, 7) is 4.62. The summed E-state index contributed by atoms with van der Waals surface area (Å²) in [6, 6.07) is 15.0. The van der Waals surface area contributed by atoms with Crippen LogP contribution >= 0.6 is 0 Å². The van der Waals surface area contributed by atoms with Gasteiger partial charge in [0, 0.05) is 50.5 Å². The molecular formula is C24H28N4O6S. The van der Waals surface area contributed by atoms with E-state index in [1.54, 1.807) is 26.4 Å². The maximum Gasteiger partial charge on any atom is 0.270 e. The topological polar surface area (TPSA) is 118 Å². The van der Waals surface area contributed by atoms with Gasteiger partial charge in [-0.1, -0.05) is 6.07 Å². The second kappa shape index (κ2) is 10.5. The molecular weight excluding hydrogens is 472 g/mol. The number of furan rings is 1. The van der Waals surface area contributed by atoms with Crippen molar-refractivity contribution in [1.29, 1.82) is 0 Å². The number of nitrogens with zero attached hydrogens (tertiary/aromatic N) is 3. The van der Waals surface area contributed by atoms with E-state index in [2.05, 4.69) is 14.5 Å². The predicted octanol–water partition coefficient (Wildman–Crippen LogP) is 3.35. The van der Waals surface area contributed by atoms with Crippen molar-refractivity contribution < 1.29 is 22.5 Å². The zero-order valence-electron chi connectivity index (χ0n) is 19.6. The van der Waals surface area contributed by atoms with Crippen molar-refractivity contribution in [2.24, 2.45) is 0 Å². The maximum absolute atomic E-state index is 13.1. The highest BCUT2D eigenvalue weighted by Crippen LogP contribution is 2.27. The lowest BCUT2D eigenvalue weighted by Gasteiger charge is -2.39. The van der Waals surface area contributed by atoms with Crippen molar-refractivity contribution in [1.82, 2.24) is 9.62 Å². The van der Waals surface area contributed by atoms with Crippen molar-refractivity contribution in [3.05, 3.63) is 82.3 Å². The van der Waals surface area contributed by atoms with E-state index < -0.39 is 14.9 Å². The number of ether oxygens (including phenoxy) is 1. The minimum atomic E-state index is -3.98. The average Bonchev–Trinajstić information content (AvgIpc) is 3.39. The quantitative estimate of drug-likeness (QED) is 0.351. The molecule has 11 heteroatoms. The second-order valence-corrected chi connectivity index (χ2v) is 10.0. The van der Waals surface area contributed by atoms with Gasteiger partial charge in [0.15, 0.2) is 0 Å². The fraction of sp³-hybridized carbons (Fsp3) is 0.333. The number of anilines is 1. The lowest BCUT2D eigenvalue weighted by molar-refractivity contribution is -0.385. The molecule has 0 amide bonds. The van der Waals surface area contributed by atoms with Crippen molar-refractivity contribution in [2.45, 2.75) is 17.9 Å². The van der Waals surface area contributed by atoms with E-state index in [-0.39, 0.29) is 23.2 Å². The second-order valence-electron chi connectivity index (χ2n) is 8.31. The zero-order valence-corrected chi connectivity index (χ0v) is 20.4. The number of benzene rings is 2. The molecule has 2 aromatic carbocycles. The van der Waals surface area contributed by atoms with Crippen LogP contribution in [0.2, 0.25) is 0 Å². The summed E-state index contributed by atoms with van der Waals surface area (Å²) >= 11 is 0. The number of sulfonamides is 1. The highest BCUT2D eigenvalue weighted by molar-refractivity contribution is 7.89. The van der Waals surface area contributed by atoms with Crippen molar-refractivity contribution >= 4 is 21.4 Å². The Morgan fingerprint density at radius 2 is 1.83 bits per heavy atom. The molecule has 10 nitrogen and oxygen atoms in total. The van der Waals surface area contributed by atoms with E-state index >= 15 is 0 Å². The summed E-state index contributed by atoms with van der Waals surface area (Å²) < 4.78 is 39.7. The number of hydrogen-bond acceptors (Lipinski definition) is 8. The Morgan fingerprint density at radius 3 is 2.43 bits per heavy atom. The van der Waals surface area contributed by atoms with Gasteiger partial charge in [0.05, 0.1) is 29.2 Å². The molecule has 3 aromatic rings. The molecule has 186 valence electrons. The lowest BCUT2D eigenvalue weighted by Crippen LogP contribution is -2.49. The van der Waals surface area contributed by atoms with Crippen LogP contribution in [-0.4, -0.2) is 58.1 Å². The van der Waals surface area contributed by atoms with Gasteiger partial charge in [0.1, 0.15) is 11.5 Å². The number of nitro groups is 1. The molecule has 35 heavy (non-hydrogen) atoms. The van der Waals surface area contributed by atoms with Crippen LogP contribution in [-0.2, 0) is 10.0 Å². The molecule has 2 heterocycles. The van der Waals surface area contributed by atoms with Crippen LogP contribution in [0.1, 0.15) is 17.4 Å². The van der Waals surface area contributed by atoms with E-state index in [0.29, 0.717) is 24.4 Å². The Kier molecular flexibility index (Phi) is 7.39. The smallest absolute Gasteiger partial charge is 0.270 e. The first-order valence-corrected chi connectivity index (χ1v) is 12.7. The maximum atomic E-state index is 13.1. The first kappa shape index (κ1) is 24.7. The number of nitro benzene ring substituents is 1. The Hall–Kier alpha value is -3.41. The summed E-state index contributed by atoms with van der Waals surface area (Å²) in [5.41, 5.74) is 1.26. The van der Waals surface area contributed by atoms with Crippen LogP contribution in [0.3, 0.4) is 0 Å². The molecule has 1 unspecified atom stereocenters. The number of aryl methyl sites for hydroxylation is 1. The van der Waals surface area contributed by atoms with Gasteiger partial charge in [-0.3, -0.25) is 15.0 Å². The van der Waals surface area contributed by atoms with Gasteiger partial charge in [0.2, 0.25) is 10.0 Å². The van der Waals surface area contributed by atoms with Gasteiger partial charge < -0.3 is 14.1 Å². The third-order valence-corrected chi connectivity index (χ3v) is 7.77. The molecule has 0 radical (unpaired) electrons. The van der Waals surface area contributed by atoms with E-state index in [9.17, 15) is 18.5 Å². The molecule has 0 aliphatic carbocycles. The molecule has 1 saturated heterocycles. The summed E-state index contributed by atoms with van der Waals surface area (Å²) in [7, 11) is -2.34. The lowest BCUT2D eigenvalue weighted by atomic mass is 10.1. The molecule has 0 spiro atoms. The molecule has 1 atom stereocenters. The number of rotatable bonds is 9. The molecule has 4 rings (SSSR count). The minimum Gasteiger partial charge on any atom is -0.497 e. The molecule has 1 aliphatic heterocycles. The largest absolute Gasteiger partial charge is 0.497 e. The first-order chi connectivity index (χ1) is 16.8. The van der Waals surface area contributed by atoms with E-state index in [1.807, 2.05) is 30.3 Å². The molecule has 1 fully saturated rings. The van der Waals surface area contributed by atoms with Crippen molar-refractivity contribution in [3.63, 3.8) is 0 Å². The highest BCUT2D eigenvalue weighted by Gasteiger charge is 2.29. The molecule has 0 saturated carbocycles. The SMILES string of the molecule is COc1ccc(N2CCN(C(CNS(=O)(=O)c3cc([N+](=O)[O-])ccc3C)c3ccco3)CC2)cc1. The first-order valence-electron chi connectivity index (χ1n) is 11.2. The van der Waals surface area contributed by atoms with Gasteiger partial charge in [-0.25, -0.2) is 13.1 Å². The van der Waals surface area contributed by atoms with Gasteiger partial charge in [0.25, 0.3) is 5.69 Å². The average molecular weight is 501 g/mol. The molecule has 1 aliphatic rings. The highest BCUT2D eigenvalue weighted by atomic mass is 32.2. The van der Waals surface area contributed by atoms with E-state index in [1.165, 1.54) is 12.1 Å². The fourth-order valence-electron chi connectivity index (χ4n) is 4.23. The Bertz CT molecular complexity index is 1250. The zero-order chi connectivity index (χ0) is 25.0. The van der Waals surface area contributed by atoms with Crippen LogP contribution in [0.25, 0.3) is 0 Å². The van der Waals surface area contributed by atoms with Crippen LogP contribution in [0.4, 0.5) is 11.4 Å². The third kappa shape index (κ3) is 5.64. The number of nitrogens with one attached hydrogen (secondary N) is 1. The summed E-state index contributed by atoms with van der Waals surface area (Å²) in [4.78, 5) is 14.9. The number of non-ortho nitro benzene ring substituents is 1. The Balaban J connectivity index is 1.47. The Morgan fingerprint density at radius 1 is 1.11 bits per heavy atom. The molecule has 1 N–H and O–H groups in total. The van der Waals surface area contributed by atoms with Crippen molar-refractivity contribution in [2.75, 3.05) is 44.7 Å². The Labute approximate surface area is 204 Å². The fourth-order valence-corrected chi connectivity index (χ4v) is 5.53. The van der Waals surface area contributed by atoms with Crippen molar-refractivity contribution in [3.8, 4) is 5.75 Å².